The van der Waals surface area contributed by atoms with Crippen LogP contribution >= 0.6 is 11.6 Å². The molecule has 0 aliphatic heterocycles. The molecule has 0 saturated heterocycles. The van der Waals surface area contributed by atoms with Crippen LogP contribution in [0.15, 0.2) is 24.3 Å². The minimum atomic E-state index is -0.890. The fourth-order valence-electron chi connectivity index (χ4n) is 0.767. The molecule has 4 heteroatoms. The van der Waals surface area contributed by atoms with Gasteiger partial charge in [-0.15, -0.1) is 0 Å². The van der Waals surface area contributed by atoms with Gasteiger partial charge in [-0.05, 0) is 17.7 Å². The average molecular weight is 189 g/mol. The van der Waals surface area contributed by atoms with Crippen LogP contribution in [-0.4, -0.2) is 5.43 Å². The molecule has 0 aromatic heterocycles. The van der Waals surface area contributed by atoms with Crippen molar-refractivity contribution in [3.05, 3.63) is 35.6 Å². The smallest absolute Gasteiger partial charge is 0.404 e. The van der Waals surface area contributed by atoms with E-state index in [-0.39, 0.29) is 12.4 Å². The summed E-state index contributed by atoms with van der Waals surface area (Å²) in [6.45, 7) is 0.0000926. The van der Waals surface area contributed by atoms with Crippen LogP contribution in [0.2, 0.25) is 0 Å². The van der Waals surface area contributed by atoms with Gasteiger partial charge in [-0.1, -0.05) is 12.1 Å². The van der Waals surface area contributed by atoms with Crippen molar-refractivity contribution in [1.29, 1.82) is 0 Å². The Kier molecular flexibility index (Phi) is 3.05. The maximum atomic E-state index is 12.5. The highest BCUT2D eigenvalue weighted by atomic mass is 35.5. The van der Waals surface area contributed by atoms with Crippen LogP contribution < -0.4 is 0 Å². The molecular formula is C8H6ClFO2. The van der Waals surface area contributed by atoms with Crippen LogP contribution in [-0.2, 0) is 11.3 Å². The molecule has 2 nitrogen and oxygen atoms in total. The maximum Gasteiger partial charge on any atom is 0.404 e. The van der Waals surface area contributed by atoms with Crippen LogP contribution in [0.5, 0.6) is 0 Å². The zero-order valence-electron chi connectivity index (χ0n) is 6.09. The lowest BCUT2D eigenvalue weighted by molar-refractivity contribution is 0.167. The number of ether oxygens (including phenoxy) is 1. The summed E-state index contributed by atoms with van der Waals surface area (Å²) in [7, 11) is 0. The molecule has 0 bridgehead atoms. The molecule has 0 heterocycles. The summed E-state index contributed by atoms with van der Waals surface area (Å²) in [5.74, 6) is -0.363. The van der Waals surface area contributed by atoms with Gasteiger partial charge in [0.1, 0.15) is 12.4 Å². The Hall–Kier alpha value is -1.09. The van der Waals surface area contributed by atoms with Crippen molar-refractivity contribution in [1.82, 2.24) is 0 Å². The monoisotopic (exact) mass is 188 g/mol. The van der Waals surface area contributed by atoms with E-state index < -0.39 is 5.43 Å². The fourth-order valence-corrected chi connectivity index (χ4v) is 0.821. The molecule has 0 amide bonds. The zero-order valence-corrected chi connectivity index (χ0v) is 6.84. The third-order valence-corrected chi connectivity index (χ3v) is 1.35. The summed E-state index contributed by atoms with van der Waals surface area (Å²) < 4.78 is 17.0. The number of hydrogen-bond donors (Lipinski definition) is 0. The van der Waals surface area contributed by atoms with Crippen molar-refractivity contribution in [3.8, 4) is 0 Å². The van der Waals surface area contributed by atoms with Crippen molar-refractivity contribution in [2.45, 2.75) is 6.61 Å². The highest BCUT2D eigenvalue weighted by Gasteiger charge is 1.98. The van der Waals surface area contributed by atoms with Crippen molar-refractivity contribution in [2.75, 3.05) is 0 Å². The Morgan fingerprint density at radius 3 is 2.92 bits per heavy atom. The second-order valence-corrected chi connectivity index (χ2v) is 2.46. The van der Waals surface area contributed by atoms with Gasteiger partial charge in [-0.25, -0.2) is 9.18 Å². The molecule has 0 radical (unpaired) electrons. The molecule has 12 heavy (non-hydrogen) atoms. The zero-order chi connectivity index (χ0) is 8.97. The van der Waals surface area contributed by atoms with Gasteiger partial charge in [-0.2, -0.15) is 0 Å². The lowest BCUT2D eigenvalue weighted by atomic mass is 10.2. The van der Waals surface area contributed by atoms with Crippen molar-refractivity contribution < 1.29 is 13.9 Å². The highest BCUT2D eigenvalue weighted by molar-refractivity contribution is 6.61. The lowest BCUT2D eigenvalue weighted by Gasteiger charge is -1.99. The SMILES string of the molecule is O=C(Cl)OCc1cccc(F)c1. The van der Waals surface area contributed by atoms with E-state index in [0.29, 0.717) is 5.56 Å². The van der Waals surface area contributed by atoms with Crippen LogP contribution in [0, 0.1) is 5.82 Å². The van der Waals surface area contributed by atoms with E-state index in [1.54, 1.807) is 6.07 Å². The van der Waals surface area contributed by atoms with Gasteiger partial charge >= 0.3 is 5.43 Å². The van der Waals surface area contributed by atoms with E-state index in [2.05, 4.69) is 4.74 Å². The third kappa shape index (κ3) is 2.88. The summed E-state index contributed by atoms with van der Waals surface area (Å²) >= 11 is 4.91. The Morgan fingerprint density at radius 2 is 2.33 bits per heavy atom. The second-order valence-electron chi connectivity index (χ2n) is 2.16. The third-order valence-electron chi connectivity index (χ3n) is 1.24. The first-order valence-electron chi connectivity index (χ1n) is 3.25. The predicted molar refractivity (Wildman–Crippen MR) is 42.4 cm³/mol. The summed E-state index contributed by atoms with van der Waals surface area (Å²) in [6.07, 6.45) is 0. The van der Waals surface area contributed by atoms with E-state index in [4.69, 9.17) is 11.6 Å². The Bertz CT molecular complexity index is 288. The predicted octanol–water partition coefficient (Wildman–Crippen LogP) is 2.70. The van der Waals surface area contributed by atoms with Gasteiger partial charge in [0.05, 0.1) is 0 Å². The number of rotatable bonds is 2. The van der Waals surface area contributed by atoms with Gasteiger partial charge in [0.2, 0.25) is 0 Å². The molecule has 0 unspecified atom stereocenters. The molecule has 64 valence electrons. The molecule has 0 spiro atoms. The topological polar surface area (TPSA) is 26.3 Å². The molecule has 0 N–H and O–H groups in total. The molecule has 0 aliphatic carbocycles. The van der Waals surface area contributed by atoms with Crippen molar-refractivity contribution >= 4 is 17.0 Å². The van der Waals surface area contributed by atoms with Crippen molar-refractivity contribution in [3.63, 3.8) is 0 Å². The standard InChI is InChI=1S/C8H6ClFO2/c9-8(11)12-5-6-2-1-3-7(10)4-6/h1-4H,5H2. The summed E-state index contributed by atoms with van der Waals surface area (Å²) in [5, 5.41) is 0. The van der Waals surface area contributed by atoms with E-state index in [9.17, 15) is 9.18 Å². The fraction of sp³-hybridized carbons (Fsp3) is 0.125. The number of hydrogen-bond acceptors (Lipinski definition) is 2. The van der Waals surface area contributed by atoms with Gasteiger partial charge in [0, 0.05) is 11.6 Å². The van der Waals surface area contributed by atoms with Crippen LogP contribution in [0.4, 0.5) is 9.18 Å². The van der Waals surface area contributed by atoms with Crippen molar-refractivity contribution in [2.24, 2.45) is 0 Å². The van der Waals surface area contributed by atoms with Gasteiger partial charge in [0.25, 0.3) is 0 Å². The Morgan fingerprint density at radius 1 is 1.58 bits per heavy atom. The quantitative estimate of drug-likeness (QED) is 0.667. The van der Waals surface area contributed by atoms with Crippen LogP contribution in [0.25, 0.3) is 0 Å². The summed E-state index contributed by atoms with van der Waals surface area (Å²) in [5.41, 5.74) is -0.316. The first-order valence-corrected chi connectivity index (χ1v) is 3.63. The van der Waals surface area contributed by atoms with Gasteiger partial charge < -0.3 is 4.74 Å². The van der Waals surface area contributed by atoms with Crippen LogP contribution in [0.1, 0.15) is 5.56 Å². The maximum absolute atomic E-state index is 12.5. The molecule has 0 aliphatic rings. The van der Waals surface area contributed by atoms with E-state index in [1.807, 2.05) is 0 Å². The average Bonchev–Trinajstić information content (AvgIpc) is 2.01. The lowest BCUT2D eigenvalue weighted by Crippen LogP contribution is -1.94. The summed E-state index contributed by atoms with van der Waals surface area (Å²) in [6, 6.07) is 5.77. The molecule has 1 rings (SSSR count). The number of halogens is 2. The van der Waals surface area contributed by atoms with E-state index >= 15 is 0 Å². The van der Waals surface area contributed by atoms with Crippen LogP contribution in [0.3, 0.4) is 0 Å². The number of carbonyl (C=O) groups excluding carboxylic acids is 1. The summed E-state index contributed by atoms with van der Waals surface area (Å²) in [4.78, 5) is 10.2. The first kappa shape index (κ1) is 9.00. The second kappa shape index (κ2) is 4.07. The normalized spacial score (nSPS) is 9.50. The van der Waals surface area contributed by atoms with Gasteiger partial charge in [-0.3, -0.25) is 0 Å². The molecule has 1 aromatic rings. The Labute approximate surface area is 73.9 Å². The Balaban J connectivity index is 2.57. The molecule has 1 aromatic carbocycles. The van der Waals surface area contributed by atoms with E-state index in [1.165, 1.54) is 18.2 Å². The first-order chi connectivity index (χ1) is 5.68. The number of benzene rings is 1. The van der Waals surface area contributed by atoms with Gasteiger partial charge in [0.15, 0.2) is 0 Å². The molecule has 0 fully saturated rings. The largest absolute Gasteiger partial charge is 0.449 e. The number of carbonyl (C=O) groups is 1. The molecular weight excluding hydrogens is 183 g/mol. The molecule has 0 atom stereocenters. The highest BCUT2D eigenvalue weighted by Crippen LogP contribution is 2.05. The minimum Gasteiger partial charge on any atom is -0.449 e. The minimum absolute atomic E-state index is 0.0000926. The van der Waals surface area contributed by atoms with E-state index in [0.717, 1.165) is 0 Å². The molecule has 0 saturated carbocycles.